The van der Waals surface area contributed by atoms with Crippen LogP contribution in [0.1, 0.15) is 89.5 Å². The lowest BCUT2D eigenvalue weighted by molar-refractivity contribution is -0.0402. The summed E-state index contributed by atoms with van der Waals surface area (Å²) in [4.78, 5) is 0. The van der Waals surface area contributed by atoms with E-state index in [-0.39, 0.29) is 11.7 Å². The molecule has 0 spiro atoms. The highest BCUT2D eigenvalue weighted by Crippen LogP contribution is 2.43. The molecule has 1 aromatic rings. The van der Waals surface area contributed by atoms with Gasteiger partial charge < -0.3 is 9.47 Å². The van der Waals surface area contributed by atoms with Crippen molar-refractivity contribution in [2.75, 3.05) is 13.2 Å². The SMILES string of the molecule is CC=CCCC1CCC(C2CCC(c3ccc(OCCCC)c(F)c3F)CC2)CO1. The van der Waals surface area contributed by atoms with E-state index in [1.54, 1.807) is 12.1 Å². The van der Waals surface area contributed by atoms with Gasteiger partial charge in [0.2, 0.25) is 5.82 Å². The molecule has 1 heterocycles. The first-order valence-electron chi connectivity index (χ1n) is 12.0. The van der Waals surface area contributed by atoms with Crippen LogP contribution in [0.25, 0.3) is 0 Å². The van der Waals surface area contributed by atoms with E-state index in [1.807, 2.05) is 6.92 Å². The van der Waals surface area contributed by atoms with E-state index in [0.717, 1.165) is 64.4 Å². The zero-order valence-electron chi connectivity index (χ0n) is 18.7. The lowest BCUT2D eigenvalue weighted by Gasteiger charge is -2.38. The van der Waals surface area contributed by atoms with Crippen LogP contribution in [0.3, 0.4) is 0 Å². The molecule has 0 bridgehead atoms. The third kappa shape index (κ3) is 6.06. The van der Waals surface area contributed by atoms with Crippen molar-refractivity contribution < 1.29 is 18.3 Å². The number of benzene rings is 1. The zero-order valence-corrected chi connectivity index (χ0v) is 18.7. The second kappa shape index (κ2) is 11.8. The maximum absolute atomic E-state index is 14.7. The zero-order chi connectivity index (χ0) is 21.3. The van der Waals surface area contributed by atoms with Crippen LogP contribution in [-0.4, -0.2) is 19.3 Å². The molecule has 2 nitrogen and oxygen atoms in total. The van der Waals surface area contributed by atoms with Crippen molar-refractivity contribution in [1.82, 2.24) is 0 Å². The number of unbranched alkanes of at least 4 members (excludes halogenated alkanes) is 1. The molecule has 30 heavy (non-hydrogen) atoms. The molecule has 1 aliphatic heterocycles. The molecule has 1 aromatic carbocycles. The summed E-state index contributed by atoms with van der Waals surface area (Å²) in [6.45, 7) is 5.40. The van der Waals surface area contributed by atoms with Crippen LogP contribution in [-0.2, 0) is 4.74 Å². The van der Waals surface area contributed by atoms with Gasteiger partial charge in [0, 0.05) is 0 Å². The van der Waals surface area contributed by atoms with Crippen LogP contribution in [0.4, 0.5) is 8.78 Å². The summed E-state index contributed by atoms with van der Waals surface area (Å²) in [5.74, 6) is -0.102. The Bertz CT molecular complexity index is 672. The second-order valence-corrected chi connectivity index (χ2v) is 9.03. The monoisotopic (exact) mass is 420 g/mol. The Balaban J connectivity index is 1.48. The molecule has 2 aliphatic rings. The number of hydrogen-bond donors (Lipinski definition) is 0. The summed E-state index contributed by atoms with van der Waals surface area (Å²) < 4.78 is 40.7. The maximum Gasteiger partial charge on any atom is 0.200 e. The van der Waals surface area contributed by atoms with Crippen molar-refractivity contribution in [3.8, 4) is 5.75 Å². The first kappa shape index (κ1) is 23.2. The largest absolute Gasteiger partial charge is 0.490 e. The highest BCUT2D eigenvalue weighted by atomic mass is 19.2. The van der Waals surface area contributed by atoms with Crippen molar-refractivity contribution in [2.24, 2.45) is 11.8 Å². The Morgan fingerprint density at radius 2 is 1.80 bits per heavy atom. The number of allylic oxidation sites excluding steroid dienone is 2. The van der Waals surface area contributed by atoms with Gasteiger partial charge in [0.05, 0.1) is 19.3 Å². The molecular formula is C26H38F2O2. The fourth-order valence-corrected chi connectivity index (χ4v) is 5.08. The van der Waals surface area contributed by atoms with Gasteiger partial charge in [0.15, 0.2) is 11.6 Å². The van der Waals surface area contributed by atoms with Crippen molar-refractivity contribution >= 4 is 0 Å². The molecule has 0 radical (unpaired) electrons. The molecule has 168 valence electrons. The molecule has 1 aliphatic carbocycles. The predicted octanol–water partition coefficient (Wildman–Crippen LogP) is 7.57. The number of hydrogen-bond acceptors (Lipinski definition) is 2. The third-order valence-corrected chi connectivity index (χ3v) is 7.01. The van der Waals surface area contributed by atoms with Crippen LogP contribution in [0.15, 0.2) is 24.3 Å². The van der Waals surface area contributed by atoms with Gasteiger partial charge in [-0.05, 0) is 94.1 Å². The Kier molecular flexibility index (Phi) is 9.17. The third-order valence-electron chi connectivity index (χ3n) is 7.01. The predicted molar refractivity (Wildman–Crippen MR) is 118 cm³/mol. The van der Waals surface area contributed by atoms with Gasteiger partial charge in [0.25, 0.3) is 0 Å². The molecule has 4 heteroatoms. The molecule has 2 fully saturated rings. The fourth-order valence-electron chi connectivity index (χ4n) is 5.08. The maximum atomic E-state index is 14.7. The van der Waals surface area contributed by atoms with Crippen molar-refractivity contribution in [3.63, 3.8) is 0 Å². The van der Waals surface area contributed by atoms with E-state index >= 15 is 0 Å². The minimum atomic E-state index is -0.824. The first-order chi connectivity index (χ1) is 14.6. The van der Waals surface area contributed by atoms with Crippen LogP contribution in [0.5, 0.6) is 5.75 Å². The average molecular weight is 421 g/mol. The van der Waals surface area contributed by atoms with Crippen molar-refractivity contribution in [3.05, 3.63) is 41.5 Å². The summed E-state index contributed by atoms with van der Waals surface area (Å²) >= 11 is 0. The summed E-state index contributed by atoms with van der Waals surface area (Å²) in [6, 6.07) is 3.35. The van der Waals surface area contributed by atoms with E-state index in [2.05, 4.69) is 19.1 Å². The van der Waals surface area contributed by atoms with Gasteiger partial charge in [-0.1, -0.05) is 31.6 Å². The summed E-state index contributed by atoms with van der Waals surface area (Å²) in [7, 11) is 0. The quantitative estimate of drug-likeness (QED) is 0.303. The number of ether oxygens (including phenoxy) is 2. The molecule has 1 saturated carbocycles. The minimum absolute atomic E-state index is 0.0433. The van der Waals surface area contributed by atoms with Crippen molar-refractivity contribution in [2.45, 2.75) is 90.1 Å². The van der Waals surface area contributed by atoms with Crippen LogP contribution in [0.2, 0.25) is 0 Å². The summed E-state index contributed by atoms with van der Waals surface area (Å²) in [6.07, 6.45) is 15.2. The molecule has 0 aromatic heterocycles. The Morgan fingerprint density at radius 3 is 2.47 bits per heavy atom. The average Bonchev–Trinajstić information content (AvgIpc) is 2.78. The second-order valence-electron chi connectivity index (χ2n) is 9.03. The van der Waals surface area contributed by atoms with Gasteiger partial charge in [-0.3, -0.25) is 0 Å². The topological polar surface area (TPSA) is 18.5 Å². The number of rotatable bonds is 9. The van der Waals surface area contributed by atoms with E-state index in [0.29, 0.717) is 30.1 Å². The van der Waals surface area contributed by atoms with E-state index in [4.69, 9.17) is 9.47 Å². The van der Waals surface area contributed by atoms with Gasteiger partial charge in [0.1, 0.15) is 0 Å². The lowest BCUT2D eigenvalue weighted by Crippen LogP contribution is -2.32. The van der Waals surface area contributed by atoms with E-state index in [1.165, 1.54) is 6.42 Å². The van der Waals surface area contributed by atoms with Gasteiger partial charge in [-0.25, -0.2) is 4.39 Å². The molecule has 0 N–H and O–H groups in total. The summed E-state index contributed by atoms with van der Waals surface area (Å²) in [5.41, 5.74) is 0.526. The van der Waals surface area contributed by atoms with Crippen LogP contribution in [0, 0.1) is 23.5 Å². The summed E-state index contributed by atoms with van der Waals surface area (Å²) in [5, 5.41) is 0. The fraction of sp³-hybridized carbons (Fsp3) is 0.692. The van der Waals surface area contributed by atoms with Gasteiger partial charge in [-0.2, -0.15) is 4.39 Å². The normalized spacial score (nSPS) is 27.5. The van der Waals surface area contributed by atoms with Crippen LogP contribution < -0.4 is 4.74 Å². The first-order valence-corrected chi connectivity index (χ1v) is 12.0. The molecule has 0 amide bonds. The van der Waals surface area contributed by atoms with E-state index in [9.17, 15) is 8.78 Å². The van der Waals surface area contributed by atoms with E-state index < -0.39 is 11.6 Å². The molecule has 3 rings (SSSR count). The minimum Gasteiger partial charge on any atom is -0.490 e. The molecule has 1 saturated heterocycles. The van der Waals surface area contributed by atoms with Crippen LogP contribution >= 0.6 is 0 Å². The smallest absolute Gasteiger partial charge is 0.200 e. The molecule has 2 unspecified atom stereocenters. The van der Waals surface area contributed by atoms with Gasteiger partial charge in [-0.15, -0.1) is 0 Å². The number of halogens is 2. The standard InChI is InChI=1S/C26H38F2O2/c1-3-5-7-8-22-14-13-21(18-30-22)19-9-11-20(12-10-19)23-15-16-24(26(28)25(23)27)29-17-6-4-2/h3,5,15-16,19-22H,4,6-14,17-18H2,1-2H3. The van der Waals surface area contributed by atoms with Crippen molar-refractivity contribution in [1.29, 1.82) is 0 Å². The highest BCUT2D eigenvalue weighted by Gasteiger charge is 2.33. The van der Waals surface area contributed by atoms with Gasteiger partial charge >= 0.3 is 0 Å². The Labute approximate surface area is 181 Å². The Morgan fingerprint density at radius 1 is 1.03 bits per heavy atom. The highest BCUT2D eigenvalue weighted by molar-refractivity contribution is 5.33. The molecular weight excluding hydrogens is 382 g/mol. The Hall–Kier alpha value is -1.42. The lowest BCUT2D eigenvalue weighted by atomic mass is 9.72. The molecule has 2 atom stereocenters.